The highest BCUT2D eigenvalue weighted by Crippen LogP contribution is 2.16. The Morgan fingerprint density at radius 1 is 0.969 bits per heavy atom. The number of hydrogen-bond donors (Lipinski definition) is 2. The maximum Gasteiger partial charge on any atom is 0.242 e. The molecule has 172 valence electrons. The van der Waals surface area contributed by atoms with Gasteiger partial charge < -0.3 is 15.1 Å². The highest BCUT2D eigenvalue weighted by atomic mass is 32.2. The van der Waals surface area contributed by atoms with E-state index < -0.39 is 10.0 Å². The molecule has 1 aliphatic rings. The highest BCUT2D eigenvalue weighted by Gasteiger charge is 2.22. The lowest BCUT2D eigenvalue weighted by molar-refractivity contribution is -0.133. The Bertz CT molecular complexity index is 1050. The van der Waals surface area contributed by atoms with Crippen LogP contribution < -0.4 is 14.9 Å². The van der Waals surface area contributed by atoms with E-state index in [-0.39, 0.29) is 36.2 Å². The summed E-state index contributed by atoms with van der Waals surface area (Å²) < 4.78 is 27.3. The molecule has 2 amide bonds. The minimum atomic E-state index is -3.69. The van der Waals surface area contributed by atoms with Crippen LogP contribution >= 0.6 is 0 Å². The monoisotopic (exact) mass is 458 g/mol. The number of carbonyl (C=O) groups is 2. The van der Waals surface area contributed by atoms with E-state index in [0.717, 1.165) is 24.3 Å². The molecule has 1 saturated heterocycles. The fourth-order valence-electron chi connectivity index (χ4n) is 3.70. The molecule has 2 aromatic carbocycles. The quantitative estimate of drug-likeness (QED) is 0.624. The molecule has 1 aliphatic heterocycles. The summed E-state index contributed by atoms with van der Waals surface area (Å²) in [6.07, 6.45) is -0.0425. The van der Waals surface area contributed by atoms with E-state index in [0.29, 0.717) is 18.7 Å². The third-order valence-electron chi connectivity index (χ3n) is 5.45. The molecule has 3 rings (SSSR count). The Morgan fingerprint density at radius 2 is 1.66 bits per heavy atom. The van der Waals surface area contributed by atoms with Crippen LogP contribution in [0.1, 0.15) is 17.5 Å². The lowest BCUT2D eigenvalue weighted by atomic mass is 10.2. The molecule has 0 bridgehead atoms. The van der Waals surface area contributed by atoms with Crippen LogP contribution in [0.4, 0.5) is 5.69 Å². The van der Waals surface area contributed by atoms with Crippen LogP contribution in [0.25, 0.3) is 0 Å². The van der Waals surface area contributed by atoms with Gasteiger partial charge in [0.1, 0.15) is 0 Å². The largest absolute Gasteiger partial charge is 0.368 e. The zero-order chi connectivity index (χ0) is 23.1. The summed E-state index contributed by atoms with van der Waals surface area (Å²) in [6.45, 7) is 6.18. The molecule has 0 saturated carbocycles. The first kappa shape index (κ1) is 23.7. The Morgan fingerprint density at radius 3 is 2.31 bits per heavy atom. The van der Waals surface area contributed by atoms with Crippen molar-refractivity contribution in [3.8, 4) is 0 Å². The molecule has 0 unspecified atom stereocenters. The summed E-state index contributed by atoms with van der Waals surface area (Å²) in [6, 6.07) is 15.1. The van der Waals surface area contributed by atoms with Gasteiger partial charge in [-0.05, 0) is 37.6 Å². The summed E-state index contributed by atoms with van der Waals surface area (Å²) in [5, 5.41) is 2.59. The number of benzene rings is 2. The topological polar surface area (TPSA) is 98.8 Å². The molecule has 9 heteroatoms. The lowest BCUT2D eigenvalue weighted by Crippen LogP contribution is -2.51. The smallest absolute Gasteiger partial charge is 0.242 e. The van der Waals surface area contributed by atoms with Gasteiger partial charge in [-0.1, -0.05) is 35.9 Å². The van der Waals surface area contributed by atoms with Gasteiger partial charge >= 0.3 is 0 Å². The first-order valence-electron chi connectivity index (χ1n) is 10.7. The summed E-state index contributed by atoms with van der Waals surface area (Å²) in [4.78, 5) is 28.7. The van der Waals surface area contributed by atoms with Crippen molar-refractivity contribution in [2.45, 2.75) is 25.2 Å². The Balaban J connectivity index is 1.38. The molecule has 8 nitrogen and oxygen atoms in total. The van der Waals surface area contributed by atoms with E-state index in [4.69, 9.17) is 0 Å². The number of amides is 2. The zero-order valence-corrected chi connectivity index (χ0v) is 19.3. The van der Waals surface area contributed by atoms with Crippen LogP contribution in [-0.4, -0.2) is 64.4 Å². The Hall–Kier alpha value is -2.91. The van der Waals surface area contributed by atoms with E-state index in [1.54, 1.807) is 30.0 Å². The number of aryl methyl sites for hydroxylation is 2. The Kier molecular flexibility index (Phi) is 7.87. The number of nitrogens with one attached hydrogen (secondary N) is 2. The van der Waals surface area contributed by atoms with Crippen LogP contribution in [0, 0.1) is 13.8 Å². The van der Waals surface area contributed by atoms with Crippen molar-refractivity contribution >= 4 is 27.5 Å². The molecule has 0 spiro atoms. The number of hydrogen-bond acceptors (Lipinski definition) is 5. The van der Waals surface area contributed by atoms with Crippen LogP contribution in [0.15, 0.2) is 53.4 Å². The maximum atomic E-state index is 12.4. The molecule has 1 fully saturated rings. The van der Waals surface area contributed by atoms with Crippen molar-refractivity contribution in [3.63, 3.8) is 0 Å². The fraction of sp³-hybridized carbons (Fsp3) is 0.391. The third kappa shape index (κ3) is 6.30. The van der Waals surface area contributed by atoms with Crippen LogP contribution in [0.5, 0.6) is 0 Å². The summed E-state index contributed by atoms with van der Waals surface area (Å²) >= 11 is 0. The van der Waals surface area contributed by atoms with Gasteiger partial charge in [0.25, 0.3) is 0 Å². The van der Waals surface area contributed by atoms with Gasteiger partial charge in [0, 0.05) is 44.8 Å². The van der Waals surface area contributed by atoms with Crippen molar-refractivity contribution in [2.24, 2.45) is 0 Å². The second-order valence-corrected chi connectivity index (χ2v) is 9.63. The summed E-state index contributed by atoms with van der Waals surface area (Å²) in [7, 11) is -3.69. The number of para-hydroxylation sites is 1. The van der Waals surface area contributed by atoms with Crippen LogP contribution in [0.2, 0.25) is 0 Å². The SMILES string of the molecule is Cc1ccc(S(=O)(=O)NCCC(=O)NCC(=O)N2CCN(c3ccccc3)CC2)c(C)c1. The molecule has 1 heterocycles. The molecule has 0 aliphatic carbocycles. The first-order valence-corrected chi connectivity index (χ1v) is 12.2. The van der Waals surface area contributed by atoms with Gasteiger partial charge in [-0.25, -0.2) is 13.1 Å². The van der Waals surface area contributed by atoms with Crippen molar-refractivity contribution in [3.05, 3.63) is 59.7 Å². The lowest BCUT2D eigenvalue weighted by Gasteiger charge is -2.36. The minimum Gasteiger partial charge on any atom is -0.368 e. The number of nitrogens with zero attached hydrogens (tertiary/aromatic N) is 2. The molecular weight excluding hydrogens is 428 g/mol. The van der Waals surface area contributed by atoms with Gasteiger partial charge in [0.15, 0.2) is 0 Å². The van der Waals surface area contributed by atoms with E-state index >= 15 is 0 Å². The predicted octanol–water partition coefficient (Wildman–Crippen LogP) is 1.44. The van der Waals surface area contributed by atoms with Gasteiger partial charge in [0.2, 0.25) is 21.8 Å². The van der Waals surface area contributed by atoms with E-state index in [9.17, 15) is 18.0 Å². The van der Waals surface area contributed by atoms with E-state index in [2.05, 4.69) is 14.9 Å². The van der Waals surface area contributed by atoms with Gasteiger partial charge in [-0.2, -0.15) is 0 Å². The maximum absolute atomic E-state index is 12.4. The zero-order valence-electron chi connectivity index (χ0n) is 18.5. The molecular formula is C23H30N4O4S. The van der Waals surface area contributed by atoms with E-state index in [1.165, 1.54) is 0 Å². The summed E-state index contributed by atoms with van der Waals surface area (Å²) in [5.74, 6) is -0.508. The molecule has 2 N–H and O–H groups in total. The number of sulfonamides is 1. The van der Waals surface area contributed by atoms with Crippen molar-refractivity contribution < 1.29 is 18.0 Å². The average Bonchev–Trinajstić information content (AvgIpc) is 2.78. The third-order valence-corrected chi connectivity index (χ3v) is 7.08. The number of anilines is 1. The van der Waals surface area contributed by atoms with Crippen molar-refractivity contribution in [2.75, 3.05) is 44.2 Å². The fourth-order valence-corrected chi connectivity index (χ4v) is 4.96. The number of piperazine rings is 1. The molecule has 0 radical (unpaired) electrons. The van der Waals surface area contributed by atoms with Gasteiger partial charge in [-0.15, -0.1) is 0 Å². The number of rotatable bonds is 8. The van der Waals surface area contributed by atoms with Gasteiger partial charge in [-0.3, -0.25) is 9.59 Å². The molecule has 0 atom stereocenters. The van der Waals surface area contributed by atoms with E-state index in [1.807, 2.05) is 37.3 Å². The predicted molar refractivity (Wildman–Crippen MR) is 124 cm³/mol. The molecule has 0 aromatic heterocycles. The average molecular weight is 459 g/mol. The van der Waals surface area contributed by atoms with Crippen LogP contribution in [0.3, 0.4) is 0 Å². The molecule has 32 heavy (non-hydrogen) atoms. The van der Waals surface area contributed by atoms with Crippen molar-refractivity contribution in [1.29, 1.82) is 0 Å². The highest BCUT2D eigenvalue weighted by molar-refractivity contribution is 7.89. The second kappa shape index (κ2) is 10.6. The molecule has 2 aromatic rings. The standard InChI is InChI=1S/C23H30N4O4S/c1-18-8-9-21(19(2)16-18)32(30,31)25-11-10-22(28)24-17-23(29)27-14-12-26(13-15-27)20-6-4-3-5-7-20/h3-9,16,25H,10-15,17H2,1-2H3,(H,24,28). The van der Waals surface area contributed by atoms with Gasteiger partial charge in [0.05, 0.1) is 11.4 Å². The van der Waals surface area contributed by atoms with Crippen LogP contribution in [-0.2, 0) is 19.6 Å². The second-order valence-electron chi connectivity index (χ2n) is 7.90. The Labute approximate surface area is 189 Å². The first-order chi connectivity index (χ1) is 15.3. The minimum absolute atomic E-state index is 0.0363. The normalized spacial score (nSPS) is 14.3. The van der Waals surface area contributed by atoms with Crippen molar-refractivity contribution in [1.82, 2.24) is 14.9 Å². The number of carbonyl (C=O) groups excluding carboxylic acids is 2. The summed E-state index contributed by atoms with van der Waals surface area (Å²) in [5.41, 5.74) is 2.77.